The van der Waals surface area contributed by atoms with Gasteiger partial charge in [-0.2, -0.15) is 0 Å². The number of hydrogen-bond donors (Lipinski definition) is 1. The Hall–Kier alpha value is -3.80. The highest BCUT2D eigenvalue weighted by Crippen LogP contribution is 2.34. The number of phenolic OH excluding ortho intramolecular Hbond substituents is 1. The van der Waals surface area contributed by atoms with Crippen LogP contribution in [0.5, 0.6) is 17.2 Å². The normalized spacial score (nSPS) is 10.8. The summed E-state index contributed by atoms with van der Waals surface area (Å²) >= 11 is 0. The summed E-state index contributed by atoms with van der Waals surface area (Å²) in [4.78, 5) is 12.1. The molecule has 1 heterocycles. The van der Waals surface area contributed by atoms with Gasteiger partial charge in [-0.05, 0) is 54.1 Å². The number of esters is 1. The topological polar surface area (TPSA) is 68.9 Å². The fourth-order valence-electron chi connectivity index (χ4n) is 3.03. The first-order chi connectivity index (χ1) is 14.0. The molecular formula is C23H17FO5. The van der Waals surface area contributed by atoms with Gasteiger partial charge in [0, 0.05) is 10.9 Å². The molecule has 0 aliphatic rings. The van der Waals surface area contributed by atoms with E-state index in [-0.39, 0.29) is 17.9 Å². The number of benzene rings is 3. The molecule has 0 atom stereocenters. The molecule has 5 nitrogen and oxygen atoms in total. The molecule has 0 saturated carbocycles. The Morgan fingerprint density at radius 1 is 1.03 bits per heavy atom. The Morgan fingerprint density at radius 2 is 1.86 bits per heavy atom. The van der Waals surface area contributed by atoms with Gasteiger partial charge in [0.05, 0.1) is 13.5 Å². The van der Waals surface area contributed by atoms with Gasteiger partial charge in [-0.25, -0.2) is 4.39 Å². The van der Waals surface area contributed by atoms with Crippen molar-refractivity contribution in [3.05, 3.63) is 78.1 Å². The smallest absolute Gasteiger partial charge is 0.315 e. The maximum absolute atomic E-state index is 13.6. The molecule has 0 aliphatic carbocycles. The van der Waals surface area contributed by atoms with Crippen LogP contribution >= 0.6 is 0 Å². The fraction of sp³-hybridized carbons (Fsp3) is 0.0870. The predicted octanol–water partition coefficient (Wildman–Crippen LogP) is 5.10. The largest absolute Gasteiger partial charge is 0.504 e. The summed E-state index contributed by atoms with van der Waals surface area (Å²) in [7, 11) is 1.48. The first-order valence-electron chi connectivity index (χ1n) is 8.88. The minimum Gasteiger partial charge on any atom is -0.504 e. The van der Waals surface area contributed by atoms with E-state index in [2.05, 4.69) is 0 Å². The average Bonchev–Trinajstić information content (AvgIpc) is 3.13. The minimum atomic E-state index is -0.583. The van der Waals surface area contributed by atoms with Crippen molar-refractivity contribution < 1.29 is 28.2 Å². The number of halogens is 1. The van der Waals surface area contributed by atoms with E-state index in [1.807, 2.05) is 12.1 Å². The lowest BCUT2D eigenvalue weighted by Gasteiger charge is -2.05. The number of furan rings is 1. The number of fused-ring (bicyclic) bond motifs is 1. The summed E-state index contributed by atoms with van der Waals surface area (Å²) in [5.74, 6) is -0.237. The molecule has 0 amide bonds. The zero-order valence-electron chi connectivity index (χ0n) is 15.5. The fourth-order valence-corrected chi connectivity index (χ4v) is 3.03. The van der Waals surface area contributed by atoms with Crippen LogP contribution in [0, 0.1) is 5.82 Å². The van der Waals surface area contributed by atoms with Gasteiger partial charge in [-0.3, -0.25) is 4.79 Å². The first kappa shape index (κ1) is 18.6. The second kappa shape index (κ2) is 7.67. The van der Waals surface area contributed by atoms with Crippen LogP contribution in [0.1, 0.15) is 5.56 Å². The van der Waals surface area contributed by atoms with Crippen molar-refractivity contribution >= 4 is 16.9 Å². The highest BCUT2D eigenvalue weighted by atomic mass is 19.1. The molecule has 0 aliphatic heterocycles. The van der Waals surface area contributed by atoms with E-state index in [1.54, 1.807) is 30.3 Å². The molecule has 6 heteroatoms. The third kappa shape index (κ3) is 3.91. The predicted molar refractivity (Wildman–Crippen MR) is 106 cm³/mol. The summed E-state index contributed by atoms with van der Waals surface area (Å²) in [5, 5.41) is 10.6. The highest BCUT2D eigenvalue weighted by molar-refractivity contribution is 5.85. The van der Waals surface area contributed by atoms with Gasteiger partial charge < -0.3 is 19.0 Å². The van der Waals surface area contributed by atoms with Crippen LogP contribution in [0.3, 0.4) is 0 Å². The third-order valence-corrected chi connectivity index (χ3v) is 4.45. The number of methoxy groups -OCH3 is 1. The van der Waals surface area contributed by atoms with Crippen LogP contribution in [0.15, 0.2) is 71.1 Å². The van der Waals surface area contributed by atoms with E-state index in [4.69, 9.17) is 13.9 Å². The number of phenols is 1. The maximum Gasteiger partial charge on any atom is 0.315 e. The number of ether oxygens (including phenoxy) is 2. The van der Waals surface area contributed by atoms with Gasteiger partial charge in [0.15, 0.2) is 23.1 Å². The zero-order chi connectivity index (χ0) is 20.4. The zero-order valence-corrected chi connectivity index (χ0v) is 15.5. The number of aromatic hydroxyl groups is 1. The second-order valence-corrected chi connectivity index (χ2v) is 6.45. The molecule has 0 spiro atoms. The van der Waals surface area contributed by atoms with E-state index < -0.39 is 11.8 Å². The van der Waals surface area contributed by atoms with Crippen LogP contribution in [-0.4, -0.2) is 18.2 Å². The van der Waals surface area contributed by atoms with Crippen molar-refractivity contribution in [2.75, 3.05) is 7.11 Å². The highest BCUT2D eigenvalue weighted by Gasteiger charge is 2.13. The van der Waals surface area contributed by atoms with E-state index in [9.17, 15) is 14.3 Å². The molecule has 0 bridgehead atoms. The summed E-state index contributed by atoms with van der Waals surface area (Å²) in [6.07, 6.45) is -0.00216. The van der Waals surface area contributed by atoms with Gasteiger partial charge >= 0.3 is 5.97 Å². The standard InChI is InChI=1S/C23H17FO5/c1-27-22-12-15(7-8-18(22)25)21-13-16-10-14(6-9-19(16)28-21)11-23(26)29-20-5-3-2-4-17(20)24/h2-10,12-13,25H,11H2,1H3. The Balaban J connectivity index is 1.55. The molecule has 146 valence electrons. The monoisotopic (exact) mass is 392 g/mol. The molecule has 0 saturated heterocycles. The molecule has 0 radical (unpaired) electrons. The Kier molecular flexibility index (Phi) is 4.91. The molecule has 4 rings (SSSR count). The Labute approximate surface area is 165 Å². The molecule has 0 unspecified atom stereocenters. The summed E-state index contributed by atoms with van der Waals surface area (Å²) < 4.78 is 29.7. The SMILES string of the molecule is COc1cc(-c2cc3cc(CC(=O)Oc4ccccc4F)ccc3o2)ccc1O. The van der Waals surface area contributed by atoms with Crippen LogP contribution in [0.25, 0.3) is 22.3 Å². The number of rotatable bonds is 5. The quantitative estimate of drug-likeness (QED) is 0.378. The van der Waals surface area contributed by atoms with Crippen molar-refractivity contribution in [3.63, 3.8) is 0 Å². The van der Waals surface area contributed by atoms with Crippen LogP contribution in [0.4, 0.5) is 4.39 Å². The van der Waals surface area contributed by atoms with Gasteiger partial charge in [-0.1, -0.05) is 18.2 Å². The summed E-state index contributed by atoms with van der Waals surface area (Å²) in [5.41, 5.74) is 2.11. The van der Waals surface area contributed by atoms with Gasteiger partial charge in [0.1, 0.15) is 11.3 Å². The summed E-state index contributed by atoms with van der Waals surface area (Å²) in [6, 6.07) is 17.9. The molecule has 1 aromatic heterocycles. The lowest BCUT2D eigenvalue weighted by atomic mass is 10.1. The van der Waals surface area contributed by atoms with Crippen LogP contribution in [0.2, 0.25) is 0 Å². The second-order valence-electron chi connectivity index (χ2n) is 6.45. The molecule has 4 aromatic rings. The van der Waals surface area contributed by atoms with Gasteiger partial charge in [-0.15, -0.1) is 0 Å². The van der Waals surface area contributed by atoms with E-state index in [0.29, 0.717) is 17.1 Å². The van der Waals surface area contributed by atoms with Crippen molar-refractivity contribution in [1.29, 1.82) is 0 Å². The van der Waals surface area contributed by atoms with Crippen molar-refractivity contribution in [3.8, 4) is 28.6 Å². The maximum atomic E-state index is 13.6. The number of carbonyl (C=O) groups excluding carboxylic acids is 1. The molecule has 29 heavy (non-hydrogen) atoms. The van der Waals surface area contributed by atoms with Crippen LogP contribution in [-0.2, 0) is 11.2 Å². The summed E-state index contributed by atoms with van der Waals surface area (Å²) in [6.45, 7) is 0. The minimum absolute atomic E-state index is 0.00216. The molecular weight excluding hydrogens is 375 g/mol. The Bertz CT molecular complexity index is 1200. The Morgan fingerprint density at radius 3 is 2.66 bits per heavy atom. The lowest BCUT2D eigenvalue weighted by Crippen LogP contribution is -2.12. The average molecular weight is 392 g/mol. The molecule has 0 fully saturated rings. The van der Waals surface area contributed by atoms with E-state index >= 15 is 0 Å². The van der Waals surface area contributed by atoms with E-state index in [0.717, 1.165) is 16.5 Å². The van der Waals surface area contributed by atoms with Gasteiger partial charge in [0.2, 0.25) is 0 Å². The van der Waals surface area contributed by atoms with Crippen molar-refractivity contribution in [2.45, 2.75) is 6.42 Å². The third-order valence-electron chi connectivity index (χ3n) is 4.45. The number of hydrogen-bond acceptors (Lipinski definition) is 5. The van der Waals surface area contributed by atoms with Crippen LogP contribution < -0.4 is 9.47 Å². The van der Waals surface area contributed by atoms with Crippen molar-refractivity contribution in [1.82, 2.24) is 0 Å². The molecule has 3 aromatic carbocycles. The van der Waals surface area contributed by atoms with Crippen molar-refractivity contribution in [2.24, 2.45) is 0 Å². The number of para-hydroxylation sites is 1. The van der Waals surface area contributed by atoms with E-state index in [1.165, 1.54) is 31.4 Å². The van der Waals surface area contributed by atoms with Gasteiger partial charge in [0.25, 0.3) is 0 Å². The first-order valence-corrected chi connectivity index (χ1v) is 8.88. The molecule has 1 N–H and O–H groups in total. The lowest BCUT2D eigenvalue weighted by molar-refractivity contribution is -0.133. The number of carbonyl (C=O) groups is 1.